The first-order chi connectivity index (χ1) is 16.1. The highest BCUT2D eigenvalue weighted by molar-refractivity contribution is 7.92. The number of anilines is 1. The lowest BCUT2D eigenvalue weighted by Crippen LogP contribution is -2.52. The van der Waals surface area contributed by atoms with Crippen LogP contribution in [-0.2, 0) is 32.6 Å². The van der Waals surface area contributed by atoms with Gasteiger partial charge in [-0.3, -0.25) is 13.9 Å². The number of carbonyl (C=O) groups excluding carboxylic acids is 2. The molecule has 0 bridgehead atoms. The van der Waals surface area contributed by atoms with Gasteiger partial charge in [-0.25, -0.2) is 8.42 Å². The van der Waals surface area contributed by atoms with Crippen LogP contribution in [0, 0.1) is 0 Å². The second-order valence-electron chi connectivity index (χ2n) is 8.12. The van der Waals surface area contributed by atoms with E-state index >= 15 is 0 Å². The summed E-state index contributed by atoms with van der Waals surface area (Å²) < 4.78 is 26.6. The largest absolute Gasteiger partial charge is 0.354 e. The SMILES string of the molecule is CCCNC(=O)[C@H](CC)N(Cc1ccc(Cl)cc1)C(=O)CN(c1ccccc1CC)S(C)(=O)=O. The van der Waals surface area contributed by atoms with Crippen LogP contribution in [0.3, 0.4) is 0 Å². The topological polar surface area (TPSA) is 86.8 Å². The molecule has 0 aliphatic rings. The molecule has 0 spiro atoms. The third-order valence-corrected chi connectivity index (χ3v) is 6.90. The lowest BCUT2D eigenvalue weighted by atomic mass is 10.1. The lowest BCUT2D eigenvalue weighted by Gasteiger charge is -2.33. The minimum absolute atomic E-state index is 0.154. The molecular weight excluding hydrogens is 474 g/mol. The summed E-state index contributed by atoms with van der Waals surface area (Å²) in [6.07, 6.45) is 2.85. The first-order valence-corrected chi connectivity index (χ1v) is 13.7. The predicted molar refractivity (Wildman–Crippen MR) is 137 cm³/mol. The Labute approximate surface area is 208 Å². The quantitative estimate of drug-likeness (QED) is 0.470. The first-order valence-electron chi connectivity index (χ1n) is 11.5. The zero-order valence-electron chi connectivity index (χ0n) is 20.3. The highest BCUT2D eigenvalue weighted by Gasteiger charge is 2.32. The van der Waals surface area contributed by atoms with E-state index in [0.29, 0.717) is 30.1 Å². The van der Waals surface area contributed by atoms with E-state index in [0.717, 1.165) is 28.1 Å². The molecule has 2 aromatic rings. The van der Waals surface area contributed by atoms with Crippen molar-refractivity contribution >= 4 is 39.1 Å². The average Bonchev–Trinajstić information content (AvgIpc) is 2.81. The third-order valence-electron chi connectivity index (χ3n) is 5.52. The van der Waals surface area contributed by atoms with E-state index in [1.54, 1.807) is 36.4 Å². The van der Waals surface area contributed by atoms with E-state index in [4.69, 9.17) is 11.6 Å². The molecule has 186 valence electrons. The zero-order valence-corrected chi connectivity index (χ0v) is 21.8. The maximum Gasteiger partial charge on any atom is 0.244 e. The fourth-order valence-corrected chi connectivity index (χ4v) is 4.73. The van der Waals surface area contributed by atoms with Gasteiger partial charge in [-0.2, -0.15) is 0 Å². The summed E-state index contributed by atoms with van der Waals surface area (Å²) in [6.45, 7) is 5.96. The van der Waals surface area contributed by atoms with Gasteiger partial charge in [0.25, 0.3) is 0 Å². The molecule has 2 aromatic carbocycles. The zero-order chi connectivity index (χ0) is 25.3. The van der Waals surface area contributed by atoms with Gasteiger partial charge in [-0.05, 0) is 48.6 Å². The predicted octanol–water partition coefficient (Wildman–Crippen LogP) is 4.00. The van der Waals surface area contributed by atoms with Crippen molar-refractivity contribution in [1.82, 2.24) is 10.2 Å². The normalized spacial score (nSPS) is 12.1. The van der Waals surface area contributed by atoms with Crippen LogP contribution in [0.1, 0.15) is 44.7 Å². The van der Waals surface area contributed by atoms with Crippen LogP contribution in [0.25, 0.3) is 0 Å². The number of amides is 2. The number of nitrogens with one attached hydrogen (secondary N) is 1. The molecule has 2 amide bonds. The van der Waals surface area contributed by atoms with E-state index in [1.165, 1.54) is 4.90 Å². The number of sulfonamides is 1. The van der Waals surface area contributed by atoms with Gasteiger partial charge < -0.3 is 10.2 Å². The van der Waals surface area contributed by atoms with Crippen molar-refractivity contribution < 1.29 is 18.0 Å². The Balaban J connectivity index is 2.45. The molecule has 1 atom stereocenters. The van der Waals surface area contributed by atoms with Crippen LogP contribution in [-0.4, -0.2) is 50.5 Å². The van der Waals surface area contributed by atoms with Crippen LogP contribution >= 0.6 is 11.6 Å². The summed E-state index contributed by atoms with van der Waals surface area (Å²) in [7, 11) is -3.76. The fourth-order valence-electron chi connectivity index (χ4n) is 3.72. The van der Waals surface area contributed by atoms with Crippen LogP contribution in [0.5, 0.6) is 0 Å². The number of halogens is 1. The second-order valence-corrected chi connectivity index (χ2v) is 10.5. The summed E-state index contributed by atoms with van der Waals surface area (Å²) >= 11 is 6.01. The van der Waals surface area contributed by atoms with Crippen LogP contribution in [0.15, 0.2) is 48.5 Å². The highest BCUT2D eigenvalue weighted by Crippen LogP contribution is 2.24. The lowest BCUT2D eigenvalue weighted by molar-refractivity contribution is -0.140. The van der Waals surface area contributed by atoms with Gasteiger partial charge in [0, 0.05) is 18.1 Å². The summed E-state index contributed by atoms with van der Waals surface area (Å²) in [5.41, 5.74) is 2.08. The minimum atomic E-state index is -3.76. The van der Waals surface area contributed by atoms with Crippen molar-refractivity contribution in [3.8, 4) is 0 Å². The molecule has 0 saturated heterocycles. The van der Waals surface area contributed by atoms with E-state index < -0.39 is 28.5 Å². The van der Waals surface area contributed by atoms with E-state index in [2.05, 4.69) is 5.32 Å². The van der Waals surface area contributed by atoms with Crippen molar-refractivity contribution in [1.29, 1.82) is 0 Å². The number of hydrogen-bond acceptors (Lipinski definition) is 4. The summed E-state index contributed by atoms with van der Waals surface area (Å²) in [4.78, 5) is 28.0. The Morgan fingerprint density at radius 2 is 1.68 bits per heavy atom. The molecule has 0 aromatic heterocycles. The molecule has 0 unspecified atom stereocenters. The molecular formula is C25H34ClN3O4S. The monoisotopic (exact) mass is 507 g/mol. The fraction of sp³-hybridized carbons (Fsp3) is 0.440. The summed E-state index contributed by atoms with van der Waals surface area (Å²) in [5.74, 6) is -0.712. The van der Waals surface area contributed by atoms with E-state index in [1.807, 2.05) is 32.9 Å². The second kappa shape index (κ2) is 12.8. The molecule has 0 radical (unpaired) electrons. The molecule has 0 aliphatic carbocycles. The molecule has 9 heteroatoms. The Hall–Kier alpha value is -2.58. The van der Waals surface area contributed by atoms with Crippen molar-refractivity contribution in [2.45, 2.75) is 52.6 Å². The number of carbonyl (C=O) groups is 2. The van der Waals surface area contributed by atoms with Gasteiger partial charge in [0.1, 0.15) is 12.6 Å². The molecule has 0 saturated carbocycles. The van der Waals surface area contributed by atoms with Crippen molar-refractivity contribution in [2.75, 3.05) is 23.7 Å². The summed E-state index contributed by atoms with van der Waals surface area (Å²) in [5, 5.41) is 3.42. The highest BCUT2D eigenvalue weighted by atomic mass is 35.5. The van der Waals surface area contributed by atoms with E-state index in [-0.39, 0.29) is 12.5 Å². The Bertz CT molecular complexity index is 1070. The number of aryl methyl sites for hydroxylation is 1. The number of nitrogens with zero attached hydrogens (tertiary/aromatic N) is 2. The average molecular weight is 508 g/mol. The van der Waals surface area contributed by atoms with Crippen molar-refractivity contribution in [3.05, 3.63) is 64.7 Å². The maximum atomic E-state index is 13.6. The van der Waals surface area contributed by atoms with Gasteiger partial charge in [0.2, 0.25) is 21.8 Å². The third kappa shape index (κ3) is 7.46. The van der Waals surface area contributed by atoms with Crippen LogP contribution < -0.4 is 9.62 Å². The minimum Gasteiger partial charge on any atom is -0.354 e. The Kier molecular flexibility index (Phi) is 10.4. The molecule has 34 heavy (non-hydrogen) atoms. The molecule has 0 fully saturated rings. The molecule has 1 N–H and O–H groups in total. The molecule has 2 rings (SSSR count). The van der Waals surface area contributed by atoms with Gasteiger partial charge in [-0.1, -0.05) is 62.7 Å². The van der Waals surface area contributed by atoms with Gasteiger partial charge >= 0.3 is 0 Å². The number of hydrogen-bond donors (Lipinski definition) is 1. The Morgan fingerprint density at radius 1 is 1.03 bits per heavy atom. The number of benzene rings is 2. The standard InChI is InChI=1S/C25H34ClN3O4S/c1-5-16-27-25(31)22(7-3)28(17-19-12-14-21(26)15-13-19)24(30)18-29(34(4,32)33)23-11-9-8-10-20(23)6-2/h8-15,22H,5-7,16-18H2,1-4H3,(H,27,31)/t22-/m0/s1. The molecule has 0 aliphatic heterocycles. The Morgan fingerprint density at radius 3 is 2.24 bits per heavy atom. The molecule has 7 nitrogen and oxygen atoms in total. The van der Waals surface area contributed by atoms with E-state index in [9.17, 15) is 18.0 Å². The van der Waals surface area contributed by atoms with Crippen molar-refractivity contribution in [2.24, 2.45) is 0 Å². The molecule has 0 heterocycles. The van der Waals surface area contributed by atoms with Gasteiger partial charge in [-0.15, -0.1) is 0 Å². The smallest absolute Gasteiger partial charge is 0.244 e. The number of rotatable bonds is 12. The van der Waals surface area contributed by atoms with Gasteiger partial charge in [0.15, 0.2) is 0 Å². The van der Waals surface area contributed by atoms with Crippen molar-refractivity contribution in [3.63, 3.8) is 0 Å². The summed E-state index contributed by atoms with van der Waals surface area (Å²) in [6, 6.07) is 13.4. The van der Waals surface area contributed by atoms with Gasteiger partial charge in [0.05, 0.1) is 11.9 Å². The number of para-hydroxylation sites is 1. The van der Waals surface area contributed by atoms with Crippen LogP contribution in [0.2, 0.25) is 5.02 Å². The van der Waals surface area contributed by atoms with Crippen LogP contribution in [0.4, 0.5) is 5.69 Å². The first kappa shape index (κ1) is 27.7. The maximum absolute atomic E-state index is 13.6.